The molecule has 1 atom stereocenters. The van der Waals surface area contributed by atoms with E-state index in [1.807, 2.05) is 0 Å². The van der Waals surface area contributed by atoms with Crippen LogP contribution in [0.2, 0.25) is 0 Å². The lowest BCUT2D eigenvalue weighted by Gasteiger charge is -2.20. The molecule has 0 radical (unpaired) electrons. The third-order valence-electron chi connectivity index (χ3n) is 5.27. The number of imide groups is 1. The second-order valence-corrected chi connectivity index (χ2v) is 7.42. The van der Waals surface area contributed by atoms with E-state index in [0.717, 1.165) is 23.3 Å². The zero-order valence-corrected chi connectivity index (χ0v) is 15.9. The lowest BCUT2D eigenvalue weighted by Crippen LogP contribution is -2.46. The Kier molecular flexibility index (Phi) is 4.77. The molecule has 4 amide bonds. The summed E-state index contributed by atoms with van der Waals surface area (Å²) in [6, 6.07) is 4.67. The summed E-state index contributed by atoms with van der Waals surface area (Å²) < 4.78 is 15.4. The molecule has 3 aliphatic rings. The first kappa shape index (κ1) is 19.0. The van der Waals surface area contributed by atoms with Crippen molar-refractivity contribution in [3.05, 3.63) is 23.8 Å². The molecule has 1 aromatic carbocycles. The van der Waals surface area contributed by atoms with E-state index in [2.05, 4.69) is 10.6 Å². The zero-order chi connectivity index (χ0) is 20.6. The summed E-state index contributed by atoms with van der Waals surface area (Å²) in [5.74, 6) is -0.416. The number of hydrogen-bond donors (Lipinski definition) is 2. The van der Waals surface area contributed by atoms with Gasteiger partial charge in [0.25, 0.3) is 11.8 Å². The quantitative estimate of drug-likeness (QED) is 0.496. The molecule has 0 bridgehead atoms. The number of esters is 1. The van der Waals surface area contributed by atoms with Crippen molar-refractivity contribution in [1.29, 1.82) is 0 Å². The molecule has 4 rings (SSSR count). The maximum absolute atomic E-state index is 12.5. The number of hydrogen-bond acceptors (Lipinski definition) is 7. The Morgan fingerprint density at radius 2 is 2.03 bits per heavy atom. The van der Waals surface area contributed by atoms with E-state index in [9.17, 15) is 19.2 Å². The van der Waals surface area contributed by atoms with Gasteiger partial charge in [-0.15, -0.1) is 0 Å². The minimum Gasteiger partial charge on any atom is -0.454 e. The van der Waals surface area contributed by atoms with Crippen molar-refractivity contribution in [3.8, 4) is 11.5 Å². The van der Waals surface area contributed by atoms with E-state index >= 15 is 0 Å². The van der Waals surface area contributed by atoms with Crippen LogP contribution in [-0.4, -0.2) is 54.2 Å². The highest BCUT2D eigenvalue weighted by Crippen LogP contribution is 2.42. The first-order chi connectivity index (χ1) is 13.9. The van der Waals surface area contributed by atoms with Crippen LogP contribution in [0.3, 0.4) is 0 Å². The fourth-order valence-corrected chi connectivity index (χ4v) is 3.42. The number of benzene rings is 1. The molecule has 154 valence electrons. The summed E-state index contributed by atoms with van der Waals surface area (Å²) in [6.07, 6.45) is 1.73. The molecule has 2 N–H and O–H groups in total. The van der Waals surface area contributed by atoms with Crippen LogP contribution in [0, 0.1) is 5.92 Å². The standard InChI is InChI=1S/C19H21N3O7/c1-19(12-3-4-12)17(25)22(18(26)21-19)8-16(24)27-9-15(23)20-7-11-2-5-13-14(6-11)29-10-28-13/h2,5-6,12H,3-4,7-10H2,1H3,(H,20,23)(H,21,26)/t19-/m0/s1. The zero-order valence-electron chi connectivity index (χ0n) is 15.9. The van der Waals surface area contributed by atoms with Crippen molar-refractivity contribution in [3.63, 3.8) is 0 Å². The summed E-state index contributed by atoms with van der Waals surface area (Å²) in [6.45, 7) is 1.02. The fourth-order valence-electron chi connectivity index (χ4n) is 3.42. The molecule has 10 nitrogen and oxygen atoms in total. The highest BCUT2D eigenvalue weighted by molar-refractivity contribution is 6.08. The third-order valence-corrected chi connectivity index (χ3v) is 5.27. The highest BCUT2D eigenvalue weighted by atomic mass is 16.7. The molecule has 0 unspecified atom stereocenters. The molecule has 2 fully saturated rings. The SMILES string of the molecule is C[C@@]1(C2CC2)NC(=O)N(CC(=O)OCC(=O)NCc2ccc3c(c2)OCO3)C1=O. The first-order valence-electron chi connectivity index (χ1n) is 9.32. The van der Waals surface area contributed by atoms with E-state index in [4.69, 9.17) is 14.2 Å². The molecule has 1 saturated heterocycles. The third kappa shape index (κ3) is 3.82. The fraction of sp³-hybridized carbons (Fsp3) is 0.474. The number of rotatable bonds is 7. The molecular weight excluding hydrogens is 382 g/mol. The maximum Gasteiger partial charge on any atom is 0.326 e. The average molecular weight is 403 g/mol. The van der Waals surface area contributed by atoms with Crippen LogP contribution in [0.25, 0.3) is 0 Å². The lowest BCUT2D eigenvalue weighted by atomic mass is 9.96. The van der Waals surface area contributed by atoms with Crippen LogP contribution >= 0.6 is 0 Å². The van der Waals surface area contributed by atoms with Crippen LogP contribution in [0.4, 0.5) is 4.79 Å². The van der Waals surface area contributed by atoms with Gasteiger partial charge < -0.3 is 24.8 Å². The topological polar surface area (TPSA) is 123 Å². The van der Waals surface area contributed by atoms with Gasteiger partial charge in [-0.2, -0.15) is 0 Å². The monoisotopic (exact) mass is 403 g/mol. The van der Waals surface area contributed by atoms with Crippen LogP contribution < -0.4 is 20.1 Å². The molecule has 1 aromatic rings. The Labute approximate surface area is 166 Å². The van der Waals surface area contributed by atoms with Gasteiger partial charge >= 0.3 is 12.0 Å². The molecule has 29 heavy (non-hydrogen) atoms. The number of ether oxygens (including phenoxy) is 3. The van der Waals surface area contributed by atoms with Gasteiger partial charge in [0.1, 0.15) is 12.1 Å². The minimum atomic E-state index is -0.959. The van der Waals surface area contributed by atoms with Crippen molar-refractivity contribution >= 4 is 23.8 Å². The summed E-state index contributed by atoms with van der Waals surface area (Å²) in [5, 5.41) is 5.27. The number of carbonyl (C=O) groups is 4. The van der Waals surface area contributed by atoms with Crippen molar-refractivity contribution in [2.75, 3.05) is 19.9 Å². The molecule has 0 aromatic heterocycles. The molecule has 0 spiro atoms. The Bertz CT molecular complexity index is 883. The van der Waals surface area contributed by atoms with Crippen molar-refractivity contribution in [1.82, 2.24) is 15.5 Å². The molecule has 2 aliphatic heterocycles. The Morgan fingerprint density at radius 3 is 2.79 bits per heavy atom. The molecule has 10 heteroatoms. The summed E-state index contributed by atoms with van der Waals surface area (Å²) in [4.78, 5) is 49.2. The van der Waals surface area contributed by atoms with Gasteiger partial charge in [-0.1, -0.05) is 6.07 Å². The minimum absolute atomic E-state index is 0.0990. The van der Waals surface area contributed by atoms with Crippen LogP contribution in [0.15, 0.2) is 18.2 Å². The lowest BCUT2D eigenvalue weighted by molar-refractivity contribution is -0.151. The molecule has 2 heterocycles. The number of nitrogens with one attached hydrogen (secondary N) is 2. The van der Waals surface area contributed by atoms with Gasteiger partial charge in [0.15, 0.2) is 18.1 Å². The highest BCUT2D eigenvalue weighted by Gasteiger charge is 2.56. The van der Waals surface area contributed by atoms with Crippen molar-refractivity contribution in [2.45, 2.75) is 31.8 Å². The largest absolute Gasteiger partial charge is 0.454 e. The molecule has 1 aliphatic carbocycles. The van der Waals surface area contributed by atoms with Crippen molar-refractivity contribution in [2.24, 2.45) is 5.92 Å². The van der Waals surface area contributed by atoms with Gasteiger partial charge in [0, 0.05) is 6.54 Å². The first-order valence-corrected chi connectivity index (χ1v) is 9.32. The second kappa shape index (κ2) is 7.26. The predicted molar refractivity (Wildman–Crippen MR) is 96.7 cm³/mol. The van der Waals surface area contributed by atoms with Gasteiger partial charge in [0.05, 0.1) is 0 Å². The van der Waals surface area contributed by atoms with Crippen LogP contribution in [0.5, 0.6) is 11.5 Å². The maximum atomic E-state index is 12.5. The number of nitrogens with zero attached hydrogens (tertiary/aromatic N) is 1. The van der Waals surface area contributed by atoms with Crippen LogP contribution in [0.1, 0.15) is 25.3 Å². The molecular formula is C19H21N3O7. The van der Waals surface area contributed by atoms with E-state index < -0.39 is 42.5 Å². The Balaban J connectivity index is 1.22. The number of fused-ring (bicyclic) bond motifs is 1. The van der Waals surface area contributed by atoms with E-state index in [-0.39, 0.29) is 19.3 Å². The predicted octanol–water partition coefficient (Wildman–Crippen LogP) is 0.295. The van der Waals surface area contributed by atoms with Gasteiger partial charge in [-0.25, -0.2) is 4.79 Å². The number of carbonyl (C=O) groups excluding carboxylic acids is 4. The van der Waals surface area contributed by atoms with E-state index in [0.29, 0.717) is 11.5 Å². The number of amides is 4. The Hall–Kier alpha value is -3.30. The second-order valence-electron chi connectivity index (χ2n) is 7.42. The van der Waals surface area contributed by atoms with Crippen LogP contribution in [-0.2, 0) is 25.7 Å². The van der Waals surface area contributed by atoms with Gasteiger partial charge in [-0.3, -0.25) is 19.3 Å². The average Bonchev–Trinajstić information content (AvgIpc) is 3.42. The summed E-state index contributed by atoms with van der Waals surface area (Å²) in [7, 11) is 0. The number of urea groups is 1. The normalized spacial score (nSPS) is 22.4. The van der Waals surface area contributed by atoms with Crippen molar-refractivity contribution < 1.29 is 33.4 Å². The van der Waals surface area contributed by atoms with Gasteiger partial charge in [-0.05, 0) is 43.4 Å². The summed E-state index contributed by atoms with van der Waals surface area (Å²) >= 11 is 0. The smallest absolute Gasteiger partial charge is 0.326 e. The van der Waals surface area contributed by atoms with E-state index in [1.165, 1.54) is 0 Å². The molecule has 1 saturated carbocycles. The Morgan fingerprint density at radius 1 is 1.28 bits per heavy atom. The van der Waals surface area contributed by atoms with E-state index in [1.54, 1.807) is 25.1 Å². The van der Waals surface area contributed by atoms with Gasteiger partial charge in [0.2, 0.25) is 6.79 Å². The summed E-state index contributed by atoms with van der Waals surface area (Å²) in [5.41, 5.74) is -0.160.